The molecule has 9 aromatic carbocycles. The van der Waals surface area contributed by atoms with E-state index < -0.39 is 64.7 Å². The van der Waals surface area contributed by atoms with Crippen LogP contribution in [0.5, 0.6) is 23.0 Å². The van der Waals surface area contributed by atoms with Gasteiger partial charge in [-0.1, -0.05) is 235 Å². The van der Waals surface area contributed by atoms with Gasteiger partial charge in [0.1, 0.15) is 28.3 Å². The molecule has 120 heavy (non-hydrogen) atoms. The Balaban J connectivity index is 0.867. The Bertz CT molecular complexity index is 4970. The molecule has 2 aliphatic heterocycles. The summed E-state index contributed by atoms with van der Waals surface area (Å²) in [7, 11) is 6.25. The number of fused-ring (bicyclic) bond motifs is 1. The summed E-state index contributed by atoms with van der Waals surface area (Å²) in [4.78, 5) is 75.9. The second-order valence-electron chi connectivity index (χ2n) is 26.7. The topological polar surface area (TPSA) is 298 Å². The van der Waals surface area contributed by atoms with Crippen molar-refractivity contribution in [3.05, 3.63) is 316 Å². The van der Waals surface area contributed by atoms with Gasteiger partial charge < -0.3 is 86.2 Å². The third-order valence-electron chi connectivity index (χ3n) is 18.9. The number of carbonyl (C=O) groups is 4. The van der Waals surface area contributed by atoms with Crippen LogP contribution in [-0.4, -0.2) is 181 Å². The molecule has 1 saturated heterocycles. The van der Waals surface area contributed by atoms with Crippen molar-refractivity contribution in [3.8, 4) is 34.5 Å². The average molecular weight is 1680 g/mol. The van der Waals surface area contributed by atoms with Gasteiger partial charge in [0.2, 0.25) is 12.0 Å². The van der Waals surface area contributed by atoms with Crippen LogP contribution in [0.2, 0.25) is 0 Å². The molecule has 2 aliphatic rings. The van der Waals surface area contributed by atoms with Crippen molar-refractivity contribution < 1.29 is 94.7 Å². The van der Waals surface area contributed by atoms with Crippen molar-refractivity contribution in [2.45, 2.75) is 40.5 Å². The van der Waals surface area contributed by atoms with Gasteiger partial charge in [-0.15, -0.1) is 33.3 Å². The number of benzene rings is 9. The molecule has 0 bridgehead atoms. The molecule has 2 amide bonds. The Morgan fingerprint density at radius 3 is 1.47 bits per heavy atom. The molecule has 30 heteroatoms. The zero-order valence-corrected chi connectivity index (χ0v) is 68.6. The molecule has 0 spiro atoms. The van der Waals surface area contributed by atoms with Crippen molar-refractivity contribution in [3.63, 3.8) is 0 Å². The summed E-state index contributed by atoms with van der Waals surface area (Å²) in [6, 6.07) is 74.9. The highest BCUT2D eigenvalue weighted by Crippen LogP contribution is 2.46. The molecule has 3 atom stereocenters. The van der Waals surface area contributed by atoms with Gasteiger partial charge in [-0.2, -0.15) is 0 Å². The van der Waals surface area contributed by atoms with Gasteiger partial charge in [0, 0.05) is 56.5 Å². The van der Waals surface area contributed by atoms with E-state index >= 15 is 19.2 Å². The lowest BCUT2D eigenvalue weighted by molar-refractivity contribution is -0.162. The van der Waals surface area contributed by atoms with E-state index in [9.17, 15) is 0 Å². The molecule has 27 nitrogen and oxygen atoms in total. The van der Waals surface area contributed by atoms with Gasteiger partial charge in [0.05, 0.1) is 52.9 Å². The lowest BCUT2D eigenvalue weighted by atomic mass is 9.77. The Morgan fingerprint density at radius 1 is 0.533 bits per heavy atom. The monoisotopic (exact) mass is 1680 g/mol. The maximum atomic E-state index is 16.0. The number of thioether (sulfide) groups is 2. The molecule has 1 unspecified atom stereocenters. The number of methoxy groups -OCH3 is 4. The highest BCUT2D eigenvalue weighted by molar-refractivity contribution is 8.01. The Kier molecular flexibility index (Phi) is 31.8. The number of amides is 2. The molecule has 622 valence electrons. The standard InChI is InChI=1S/C90H89N7O20S3/c1-102-44-48-106-57-110-72-42-40-65(52-74(72)112-59-108-50-46-104-3)81(87(101)115-80(63-30-16-7-17-31-63)64-32-18-8-19-33-64)117-96-76(71-56-119-88(91-71)93-90(68-34-20-9-21-35-68,69-36-22-10-23-37-69)70-38-24-11-25-39-70)82(98)92-77-84(99)97-78(86(100)114-79(61-26-12-5-13-27-61)62-28-14-6-15-29-62)67(54-118-85(77)97)55-120-89-95-94-83(116-89)66-41-43-73(111-58-107-49-45-103-2)75(53-66)113-60-109-51-47-105-4/h5-43,52-53,56,77,79-81,85H,44-51,54-55,57-60H2,1-4H3,(H,91,93)(H,92,98)/b96-76+/t77-,81?,85-/m1/s1. The lowest BCUT2D eigenvalue weighted by Gasteiger charge is -2.49. The van der Waals surface area contributed by atoms with Crippen molar-refractivity contribution in [2.24, 2.45) is 5.16 Å². The first-order valence-corrected chi connectivity index (χ1v) is 41.2. The smallest absolute Gasteiger partial charge is 0.356 e. The number of nitrogens with zero attached hydrogens (tertiary/aromatic N) is 5. The number of β-lactam (4-membered cyclic amide) rings is 1. The number of aromatic nitrogens is 3. The number of anilines is 1. The highest BCUT2D eigenvalue weighted by atomic mass is 32.2. The molecular weight excluding hydrogens is 1600 g/mol. The average Bonchev–Trinajstić information content (AvgIpc) is 0.867. The van der Waals surface area contributed by atoms with E-state index in [1.54, 1.807) is 64.2 Å². The lowest BCUT2D eigenvalue weighted by Crippen LogP contribution is -2.71. The van der Waals surface area contributed by atoms with E-state index in [2.05, 4.69) is 26.0 Å². The molecule has 11 aromatic rings. The van der Waals surface area contributed by atoms with E-state index in [0.29, 0.717) is 76.4 Å². The first kappa shape index (κ1) is 86.1. The van der Waals surface area contributed by atoms with Gasteiger partial charge in [-0.05, 0) is 74.8 Å². The molecular formula is C90H89N7O20S3. The second kappa shape index (κ2) is 44.3. The third-order valence-corrected chi connectivity index (χ3v) is 21.9. The predicted molar refractivity (Wildman–Crippen MR) is 449 cm³/mol. The maximum absolute atomic E-state index is 16.0. The van der Waals surface area contributed by atoms with Gasteiger partial charge in [-0.25, -0.2) is 14.6 Å². The fourth-order valence-electron chi connectivity index (χ4n) is 13.0. The van der Waals surface area contributed by atoms with Crippen molar-refractivity contribution in [1.82, 2.24) is 25.4 Å². The summed E-state index contributed by atoms with van der Waals surface area (Å²) in [5.74, 6) is -2.08. The largest absolute Gasteiger partial charge is 0.464 e. The van der Waals surface area contributed by atoms with Crippen LogP contribution < -0.4 is 29.6 Å². The van der Waals surface area contributed by atoms with E-state index in [4.69, 9.17) is 80.6 Å². The zero-order chi connectivity index (χ0) is 83.1. The molecule has 0 saturated carbocycles. The number of nitrogens with one attached hydrogen (secondary N) is 2. The van der Waals surface area contributed by atoms with Crippen LogP contribution in [0.25, 0.3) is 11.5 Å². The van der Waals surface area contributed by atoms with E-state index in [0.717, 1.165) is 28.5 Å². The molecule has 0 aliphatic carbocycles. The number of oxime groups is 1. The van der Waals surface area contributed by atoms with Crippen LogP contribution in [0.3, 0.4) is 0 Å². The molecule has 13 rings (SSSR count). The SMILES string of the molecule is COCCOCOc1ccc(-c2nnc(SCC3=C(C(=O)OC(c4ccccc4)c4ccccc4)N4C(=O)[C@@H](NC(=O)/C(=N/OC(C(=O)OC(c5ccccc5)c5ccccc5)c5ccc(OCOCCOC)c(OCOCCOC)c5)c5csc(NC(c6ccccc6)(c6ccccc6)c6ccccc6)n5)[C@H]4SC3)o2)cc1OCOCCOC. The molecule has 4 heterocycles. The molecule has 2 N–H and O–H groups in total. The van der Waals surface area contributed by atoms with Gasteiger partial charge in [0.25, 0.3) is 17.0 Å². The zero-order valence-electron chi connectivity index (χ0n) is 66.2. The van der Waals surface area contributed by atoms with Crippen LogP contribution in [-0.2, 0) is 76.9 Å². The minimum Gasteiger partial charge on any atom is -0.464 e. The third kappa shape index (κ3) is 22.2. The molecule has 2 aromatic heterocycles. The quantitative estimate of drug-likeness (QED) is 0.00523. The normalized spacial score (nSPS) is 14.2. The minimum atomic E-state index is -1.79. The Hall–Kier alpha value is -11.8. The number of hydrogen-bond acceptors (Lipinski definition) is 28. The van der Waals surface area contributed by atoms with Crippen LogP contribution in [0.4, 0.5) is 5.13 Å². The van der Waals surface area contributed by atoms with E-state index in [-0.39, 0.29) is 105 Å². The maximum Gasteiger partial charge on any atom is 0.356 e. The second-order valence-corrected chi connectivity index (χ2v) is 29.6. The summed E-state index contributed by atoms with van der Waals surface area (Å²) in [6.07, 6.45) is -3.72. The van der Waals surface area contributed by atoms with E-state index in [1.165, 1.54) is 34.1 Å². The number of thiazole rings is 1. The van der Waals surface area contributed by atoms with Crippen molar-refractivity contribution in [2.75, 3.05) is 125 Å². The van der Waals surface area contributed by atoms with E-state index in [1.807, 2.05) is 212 Å². The van der Waals surface area contributed by atoms with Crippen LogP contribution in [0, 0.1) is 0 Å². The Labute approximate surface area is 706 Å². The summed E-state index contributed by atoms with van der Waals surface area (Å²) in [6.45, 7) is 1.61. The number of carbonyl (C=O) groups excluding carboxylic acids is 4. The predicted octanol–water partition coefficient (Wildman–Crippen LogP) is 14.2. The van der Waals surface area contributed by atoms with Crippen LogP contribution in [0.15, 0.2) is 280 Å². The van der Waals surface area contributed by atoms with Crippen molar-refractivity contribution in [1.29, 1.82) is 0 Å². The highest BCUT2D eigenvalue weighted by Gasteiger charge is 2.55. The number of hydrogen-bond donors (Lipinski definition) is 2. The minimum absolute atomic E-state index is 0.0285. The van der Waals surface area contributed by atoms with Crippen LogP contribution >= 0.6 is 34.9 Å². The first-order chi connectivity index (χ1) is 59.0. The van der Waals surface area contributed by atoms with Gasteiger partial charge in [0.15, 0.2) is 73.2 Å². The fourth-order valence-corrected chi connectivity index (χ4v) is 16.0. The number of ether oxygens (including phenoxy) is 14. The summed E-state index contributed by atoms with van der Waals surface area (Å²) < 4.78 is 86.9. The molecule has 1 fully saturated rings. The summed E-state index contributed by atoms with van der Waals surface area (Å²) in [5, 5.41) is 21.4. The van der Waals surface area contributed by atoms with Gasteiger partial charge >= 0.3 is 11.9 Å². The fraction of sp³-hybridized carbons (Fsp3) is 0.267. The molecule has 0 radical (unpaired) electrons. The summed E-state index contributed by atoms with van der Waals surface area (Å²) >= 11 is 3.61. The number of rotatable bonds is 47. The van der Waals surface area contributed by atoms with Crippen molar-refractivity contribution >= 4 is 69.5 Å². The number of esters is 2. The first-order valence-electron chi connectivity index (χ1n) is 38.3. The van der Waals surface area contributed by atoms with Gasteiger partial charge in [-0.3, -0.25) is 14.5 Å². The summed E-state index contributed by atoms with van der Waals surface area (Å²) in [5.41, 5.74) is 4.66. The van der Waals surface area contributed by atoms with Crippen LogP contribution in [0.1, 0.15) is 68.5 Å². The Morgan fingerprint density at radius 2 is 0.983 bits per heavy atom.